The Kier molecular flexibility index (Phi) is 3.82. The second-order valence-corrected chi connectivity index (χ2v) is 7.15. The average molecular weight is 290 g/mol. The minimum Gasteiger partial charge on any atom is -0.468 e. The van der Waals surface area contributed by atoms with E-state index in [1.165, 1.54) is 11.4 Å². The van der Waals surface area contributed by atoms with Crippen molar-refractivity contribution < 1.29 is 22.7 Å². The Hall–Kier alpha value is -1.15. The van der Waals surface area contributed by atoms with Gasteiger partial charge in [0.25, 0.3) is 0 Å². The molecule has 2 aliphatic rings. The van der Waals surface area contributed by atoms with Gasteiger partial charge < -0.3 is 10.1 Å². The Morgan fingerprint density at radius 1 is 1.42 bits per heavy atom. The second-order valence-electron chi connectivity index (χ2n) is 5.18. The molecule has 2 aliphatic heterocycles. The van der Waals surface area contributed by atoms with Gasteiger partial charge in [-0.2, -0.15) is 0 Å². The van der Waals surface area contributed by atoms with Crippen LogP contribution in [0.5, 0.6) is 0 Å². The third-order valence-corrected chi connectivity index (χ3v) is 5.65. The third-order valence-electron chi connectivity index (χ3n) is 3.90. The largest absolute Gasteiger partial charge is 0.468 e. The molecule has 0 aromatic heterocycles. The topological polar surface area (TPSA) is 92.8 Å². The quantitative estimate of drug-likeness (QED) is 0.679. The third kappa shape index (κ3) is 3.06. The Morgan fingerprint density at radius 2 is 2.05 bits per heavy atom. The summed E-state index contributed by atoms with van der Waals surface area (Å²) in [5, 5.41) is 2.79. The van der Waals surface area contributed by atoms with Gasteiger partial charge in [-0.3, -0.25) is 9.59 Å². The van der Waals surface area contributed by atoms with E-state index in [0.717, 1.165) is 0 Å². The number of piperidine rings is 1. The van der Waals surface area contributed by atoms with E-state index >= 15 is 0 Å². The number of ether oxygens (including phenoxy) is 1. The minimum absolute atomic E-state index is 0.0332. The molecule has 0 bridgehead atoms. The Morgan fingerprint density at radius 3 is 2.53 bits per heavy atom. The summed E-state index contributed by atoms with van der Waals surface area (Å²) in [5.41, 5.74) is -0.103. The van der Waals surface area contributed by atoms with Crippen LogP contribution in [0, 0.1) is 5.41 Å². The molecule has 108 valence electrons. The molecule has 7 nitrogen and oxygen atoms in total. The van der Waals surface area contributed by atoms with Gasteiger partial charge in [-0.05, 0) is 18.3 Å². The van der Waals surface area contributed by atoms with Gasteiger partial charge in [-0.15, -0.1) is 0 Å². The molecule has 1 amide bonds. The highest BCUT2D eigenvalue weighted by Gasteiger charge is 2.43. The molecule has 8 heteroatoms. The summed E-state index contributed by atoms with van der Waals surface area (Å²) in [6.07, 6.45) is 1.76. The van der Waals surface area contributed by atoms with Crippen LogP contribution in [0.25, 0.3) is 0 Å². The first kappa shape index (κ1) is 14.3. The number of nitrogens with one attached hydrogen (secondary N) is 1. The van der Waals surface area contributed by atoms with Gasteiger partial charge in [-0.25, -0.2) is 12.7 Å². The van der Waals surface area contributed by atoms with E-state index in [2.05, 4.69) is 10.1 Å². The summed E-state index contributed by atoms with van der Waals surface area (Å²) in [7, 11) is -2.44. The summed E-state index contributed by atoms with van der Waals surface area (Å²) >= 11 is 0. The van der Waals surface area contributed by atoms with Crippen molar-refractivity contribution in [2.45, 2.75) is 19.3 Å². The fraction of sp³-hybridized carbons (Fsp3) is 0.818. The number of nitrogens with zero attached hydrogens (tertiary/aromatic N) is 1. The molecule has 0 saturated carbocycles. The zero-order chi connectivity index (χ0) is 14.1. The van der Waals surface area contributed by atoms with Crippen molar-refractivity contribution in [1.82, 2.24) is 9.62 Å². The highest BCUT2D eigenvalue weighted by atomic mass is 32.2. The maximum atomic E-state index is 12.0. The predicted octanol–water partition coefficient (Wildman–Crippen LogP) is -0.909. The van der Waals surface area contributed by atoms with E-state index < -0.39 is 21.7 Å². The minimum atomic E-state index is -3.60. The van der Waals surface area contributed by atoms with Gasteiger partial charge in [0.1, 0.15) is 0 Å². The summed E-state index contributed by atoms with van der Waals surface area (Å²) < 4.78 is 29.6. The van der Waals surface area contributed by atoms with Crippen molar-refractivity contribution in [3.63, 3.8) is 0 Å². The lowest BCUT2D eigenvalue weighted by Crippen LogP contribution is -2.45. The predicted molar refractivity (Wildman–Crippen MR) is 66.7 cm³/mol. The average Bonchev–Trinajstić information content (AvgIpc) is 2.70. The number of carbonyl (C=O) groups is 2. The molecule has 0 aromatic rings. The van der Waals surface area contributed by atoms with E-state index in [4.69, 9.17) is 0 Å². The van der Waals surface area contributed by atoms with Crippen molar-refractivity contribution in [3.05, 3.63) is 0 Å². The van der Waals surface area contributed by atoms with Crippen molar-refractivity contribution >= 4 is 21.9 Å². The van der Waals surface area contributed by atoms with Gasteiger partial charge in [0.05, 0.1) is 7.11 Å². The lowest BCUT2D eigenvalue weighted by Gasteiger charge is -2.37. The summed E-state index contributed by atoms with van der Waals surface area (Å²) in [4.78, 5) is 22.4. The van der Waals surface area contributed by atoms with Crippen LogP contribution in [0.1, 0.15) is 19.3 Å². The number of sulfonamides is 1. The Balaban J connectivity index is 1.96. The number of esters is 1. The van der Waals surface area contributed by atoms with Crippen molar-refractivity contribution in [1.29, 1.82) is 0 Å². The number of hydrogen-bond acceptors (Lipinski definition) is 5. The van der Waals surface area contributed by atoms with E-state index in [1.807, 2.05) is 0 Å². The SMILES string of the molecule is COC(=O)CS(=O)(=O)N1CCC2(CC1)CNC(=O)C2. The smallest absolute Gasteiger partial charge is 0.322 e. The van der Waals surface area contributed by atoms with Crippen molar-refractivity contribution in [2.75, 3.05) is 32.5 Å². The summed E-state index contributed by atoms with van der Waals surface area (Å²) in [5.74, 6) is -1.34. The molecule has 19 heavy (non-hydrogen) atoms. The van der Waals surface area contributed by atoms with Crippen LogP contribution >= 0.6 is 0 Å². The number of carbonyl (C=O) groups excluding carboxylic acids is 2. The zero-order valence-corrected chi connectivity index (χ0v) is 11.7. The van der Waals surface area contributed by atoms with Crippen LogP contribution in [0.4, 0.5) is 0 Å². The molecule has 2 heterocycles. The Bertz CT molecular complexity index is 479. The summed E-state index contributed by atoms with van der Waals surface area (Å²) in [6, 6.07) is 0. The fourth-order valence-corrected chi connectivity index (χ4v) is 3.98. The number of amides is 1. The molecule has 2 fully saturated rings. The molecule has 1 N–H and O–H groups in total. The molecule has 2 rings (SSSR count). The molecule has 0 unspecified atom stereocenters. The van der Waals surface area contributed by atoms with Crippen LogP contribution in [0.3, 0.4) is 0 Å². The standard InChI is InChI=1S/C11H18N2O5S/c1-18-10(15)7-19(16,17)13-4-2-11(3-5-13)6-9(14)12-8-11/h2-8H2,1H3,(H,12,14). The number of methoxy groups -OCH3 is 1. The first-order chi connectivity index (χ1) is 8.87. The van der Waals surface area contributed by atoms with Crippen LogP contribution < -0.4 is 5.32 Å². The molecule has 0 aromatic carbocycles. The second kappa shape index (κ2) is 5.09. The first-order valence-electron chi connectivity index (χ1n) is 6.18. The van der Waals surface area contributed by atoms with Gasteiger partial charge in [0.15, 0.2) is 5.75 Å². The molecule has 0 atom stereocenters. The van der Waals surface area contributed by atoms with Gasteiger partial charge >= 0.3 is 5.97 Å². The lowest BCUT2D eigenvalue weighted by molar-refractivity contribution is -0.137. The number of rotatable bonds is 3. The van der Waals surface area contributed by atoms with Gasteiger partial charge in [-0.1, -0.05) is 0 Å². The molecule has 0 radical (unpaired) electrons. The first-order valence-corrected chi connectivity index (χ1v) is 7.79. The zero-order valence-electron chi connectivity index (χ0n) is 10.8. The Labute approximate surface area is 112 Å². The lowest BCUT2D eigenvalue weighted by atomic mass is 9.78. The molecular formula is C11H18N2O5S. The summed E-state index contributed by atoms with van der Waals surface area (Å²) in [6.45, 7) is 1.33. The van der Waals surface area contributed by atoms with Crippen LogP contribution in [-0.4, -0.2) is 57.1 Å². The fourth-order valence-electron chi connectivity index (χ4n) is 2.64. The van der Waals surface area contributed by atoms with Crippen molar-refractivity contribution in [3.8, 4) is 0 Å². The maximum Gasteiger partial charge on any atom is 0.322 e. The van der Waals surface area contributed by atoms with E-state index in [9.17, 15) is 18.0 Å². The van der Waals surface area contributed by atoms with Crippen LogP contribution in [0.2, 0.25) is 0 Å². The number of hydrogen-bond donors (Lipinski definition) is 1. The molecule has 2 saturated heterocycles. The monoisotopic (exact) mass is 290 g/mol. The van der Waals surface area contributed by atoms with E-state index in [-0.39, 0.29) is 11.3 Å². The normalized spacial score (nSPS) is 23.3. The van der Waals surface area contributed by atoms with Crippen LogP contribution in [-0.2, 0) is 24.3 Å². The van der Waals surface area contributed by atoms with Crippen LogP contribution in [0.15, 0.2) is 0 Å². The van der Waals surface area contributed by atoms with E-state index in [1.54, 1.807) is 0 Å². The molecule has 0 aliphatic carbocycles. The van der Waals surface area contributed by atoms with E-state index in [0.29, 0.717) is 38.9 Å². The molecule has 1 spiro atoms. The van der Waals surface area contributed by atoms with Gasteiger partial charge in [0, 0.05) is 26.1 Å². The highest BCUT2D eigenvalue weighted by Crippen LogP contribution is 2.38. The van der Waals surface area contributed by atoms with Crippen molar-refractivity contribution in [2.24, 2.45) is 5.41 Å². The highest BCUT2D eigenvalue weighted by molar-refractivity contribution is 7.89. The maximum absolute atomic E-state index is 12.0. The molecular weight excluding hydrogens is 272 g/mol. The van der Waals surface area contributed by atoms with Gasteiger partial charge in [0.2, 0.25) is 15.9 Å².